The highest BCUT2D eigenvalue weighted by molar-refractivity contribution is 9.10. The Kier molecular flexibility index (Phi) is 4.18. The lowest BCUT2D eigenvalue weighted by molar-refractivity contribution is -0.124. The zero-order valence-electron chi connectivity index (χ0n) is 10.1. The summed E-state index contributed by atoms with van der Waals surface area (Å²) < 4.78 is 40.1. The van der Waals surface area contributed by atoms with Gasteiger partial charge in [0, 0.05) is 23.2 Å². The molecule has 104 valence electrons. The average Bonchev–Trinajstić information content (AvgIpc) is 2.32. The molecule has 1 aliphatic carbocycles. The fourth-order valence-corrected chi connectivity index (χ4v) is 2.46. The van der Waals surface area contributed by atoms with Crippen LogP contribution in [0, 0.1) is 11.7 Å². The predicted octanol–water partition coefficient (Wildman–Crippen LogP) is 4.35. The van der Waals surface area contributed by atoms with Crippen LogP contribution in [0.5, 0.6) is 0 Å². The number of benzene rings is 1. The summed E-state index contributed by atoms with van der Waals surface area (Å²) in [5, 5.41) is 2.45. The van der Waals surface area contributed by atoms with Crippen molar-refractivity contribution in [3.8, 4) is 0 Å². The van der Waals surface area contributed by atoms with Gasteiger partial charge in [0.2, 0.25) is 11.8 Å². The summed E-state index contributed by atoms with van der Waals surface area (Å²) >= 11 is 3.12. The van der Waals surface area contributed by atoms with Crippen LogP contribution in [0.4, 0.5) is 18.9 Å². The van der Waals surface area contributed by atoms with Crippen molar-refractivity contribution >= 4 is 27.5 Å². The van der Waals surface area contributed by atoms with E-state index in [-0.39, 0.29) is 31.4 Å². The zero-order chi connectivity index (χ0) is 14.0. The van der Waals surface area contributed by atoms with Gasteiger partial charge in [0.25, 0.3) is 0 Å². The largest absolute Gasteiger partial charge is 0.323 e. The number of hydrogen-bond donors (Lipinski definition) is 1. The molecule has 0 bridgehead atoms. The Labute approximate surface area is 117 Å². The van der Waals surface area contributed by atoms with Crippen molar-refractivity contribution in [3.63, 3.8) is 0 Å². The normalized spacial score (nSPS) is 19.2. The maximum Gasteiger partial charge on any atom is 0.248 e. The Hall–Kier alpha value is -1.04. The quantitative estimate of drug-likeness (QED) is 0.855. The lowest BCUT2D eigenvalue weighted by Gasteiger charge is -2.27. The van der Waals surface area contributed by atoms with Gasteiger partial charge in [-0.05, 0) is 31.0 Å². The first-order valence-corrected chi connectivity index (χ1v) is 6.80. The van der Waals surface area contributed by atoms with Crippen LogP contribution in [0.3, 0.4) is 0 Å². The highest BCUT2D eigenvalue weighted by Gasteiger charge is 2.37. The van der Waals surface area contributed by atoms with Crippen LogP contribution in [0.2, 0.25) is 0 Å². The summed E-state index contributed by atoms with van der Waals surface area (Å²) in [6, 6.07) is 4.28. The molecule has 1 aromatic carbocycles. The Morgan fingerprint density at radius 1 is 1.32 bits per heavy atom. The van der Waals surface area contributed by atoms with E-state index in [0.29, 0.717) is 4.47 Å². The highest BCUT2D eigenvalue weighted by atomic mass is 79.9. The van der Waals surface area contributed by atoms with Crippen molar-refractivity contribution < 1.29 is 18.0 Å². The molecule has 0 aliphatic heterocycles. The van der Waals surface area contributed by atoms with Gasteiger partial charge < -0.3 is 5.32 Å². The predicted molar refractivity (Wildman–Crippen MR) is 69.6 cm³/mol. The average molecular weight is 336 g/mol. The molecule has 0 atom stereocenters. The number of halogens is 4. The van der Waals surface area contributed by atoms with Crippen LogP contribution >= 0.6 is 15.9 Å². The monoisotopic (exact) mass is 335 g/mol. The number of alkyl halides is 2. The lowest BCUT2D eigenvalue weighted by atomic mass is 9.86. The van der Waals surface area contributed by atoms with Gasteiger partial charge in [-0.15, -0.1) is 0 Å². The third-order valence-corrected chi connectivity index (χ3v) is 3.77. The minimum atomic E-state index is -2.67. The smallest absolute Gasteiger partial charge is 0.248 e. The van der Waals surface area contributed by atoms with Crippen molar-refractivity contribution in [2.24, 2.45) is 5.92 Å². The summed E-state index contributed by atoms with van der Waals surface area (Å²) in [5.74, 6) is -4.08. The van der Waals surface area contributed by atoms with E-state index in [0.717, 1.165) is 0 Å². The van der Waals surface area contributed by atoms with Crippen LogP contribution < -0.4 is 5.32 Å². The van der Waals surface area contributed by atoms with Crippen molar-refractivity contribution in [2.75, 3.05) is 5.32 Å². The van der Waals surface area contributed by atoms with E-state index in [1.54, 1.807) is 6.07 Å². The molecule has 0 spiro atoms. The van der Waals surface area contributed by atoms with Crippen LogP contribution in [-0.2, 0) is 4.79 Å². The molecule has 0 heterocycles. The van der Waals surface area contributed by atoms with E-state index < -0.39 is 23.6 Å². The number of carbonyl (C=O) groups is 1. The summed E-state index contributed by atoms with van der Waals surface area (Å²) in [5.41, 5.74) is 0.0746. The van der Waals surface area contributed by atoms with Gasteiger partial charge >= 0.3 is 0 Å². The number of rotatable bonds is 2. The summed E-state index contributed by atoms with van der Waals surface area (Å²) in [6.07, 6.45) is -0.296. The summed E-state index contributed by atoms with van der Waals surface area (Å²) in [7, 11) is 0. The maximum atomic E-state index is 13.5. The first kappa shape index (κ1) is 14.4. The number of nitrogens with one attached hydrogen (secondary N) is 1. The van der Waals surface area contributed by atoms with E-state index >= 15 is 0 Å². The van der Waals surface area contributed by atoms with Gasteiger partial charge in [-0.25, -0.2) is 13.2 Å². The Bertz CT molecular complexity index is 483. The second kappa shape index (κ2) is 5.53. The molecule has 0 aromatic heterocycles. The van der Waals surface area contributed by atoms with E-state index in [9.17, 15) is 18.0 Å². The number of amides is 1. The first-order chi connectivity index (χ1) is 8.87. The SMILES string of the molecule is O=C(Nc1ccc(Br)cc1F)C1CCC(F)(F)CC1. The molecule has 0 saturated heterocycles. The molecular weight excluding hydrogens is 323 g/mol. The van der Waals surface area contributed by atoms with Gasteiger partial charge in [-0.3, -0.25) is 4.79 Å². The molecule has 0 radical (unpaired) electrons. The third-order valence-electron chi connectivity index (χ3n) is 3.28. The fourth-order valence-electron chi connectivity index (χ4n) is 2.13. The van der Waals surface area contributed by atoms with Gasteiger partial charge in [-0.2, -0.15) is 0 Å². The minimum Gasteiger partial charge on any atom is -0.323 e. The first-order valence-electron chi connectivity index (χ1n) is 6.01. The van der Waals surface area contributed by atoms with Gasteiger partial charge in [-0.1, -0.05) is 15.9 Å². The van der Waals surface area contributed by atoms with Crippen molar-refractivity contribution in [3.05, 3.63) is 28.5 Å². The zero-order valence-corrected chi connectivity index (χ0v) is 11.6. The topological polar surface area (TPSA) is 29.1 Å². The second-order valence-corrected chi connectivity index (χ2v) is 5.66. The summed E-state index contributed by atoms with van der Waals surface area (Å²) in [6.45, 7) is 0. The van der Waals surface area contributed by atoms with E-state index in [4.69, 9.17) is 0 Å². The molecule has 0 unspecified atom stereocenters. The van der Waals surface area contributed by atoms with Crippen molar-refractivity contribution in [1.82, 2.24) is 0 Å². The summed E-state index contributed by atoms with van der Waals surface area (Å²) in [4.78, 5) is 11.9. The molecule has 19 heavy (non-hydrogen) atoms. The van der Waals surface area contributed by atoms with E-state index in [2.05, 4.69) is 21.2 Å². The number of carbonyl (C=O) groups excluding carboxylic acids is 1. The van der Waals surface area contributed by atoms with Crippen molar-refractivity contribution in [2.45, 2.75) is 31.6 Å². The second-order valence-electron chi connectivity index (χ2n) is 4.74. The van der Waals surface area contributed by atoms with Gasteiger partial charge in [0.15, 0.2) is 0 Å². The third kappa shape index (κ3) is 3.72. The van der Waals surface area contributed by atoms with Crippen LogP contribution in [0.15, 0.2) is 22.7 Å². The molecule has 2 nitrogen and oxygen atoms in total. The molecule has 1 saturated carbocycles. The molecular formula is C13H13BrF3NO. The molecule has 2 rings (SSSR count). The molecule has 1 amide bonds. The van der Waals surface area contributed by atoms with Gasteiger partial charge in [0.05, 0.1) is 5.69 Å². The highest BCUT2D eigenvalue weighted by Crippen LogP contribution is 2.36. The van der Waals surface area contributed by atoms with Crippen LogP contribution in [0.25, 0.3) is 0 Å². The van der Waals surface area contributed by atoms with Crippen LogP contribution in [-0.4, -0.2) is 11.8 Å². The Morgan fingerprint density at radius 3 is 2.53 bits per heavy atom. The number of anilines is 1. The molecule has 1 aliphatic rings. The molecule has 1 fully saturated rings. The molecule has 6 heteroatoms. The fraction of sp³-hybridized carbons (Fsp3) is 0.462. The van der Waals surface area contributed by atoms with E-state index in [1.165, 1.54) is 12.1 Å². The van der Waals surface area contributed by atoms with E-state index in [1.807, 2.05) is 0 Å². The molecule has 1 N–H and O–H groups in total. The van der Waals surface area contributed by atoms with Gasteiger partial charge in [0.1, 0.15) is 5.82 Å². The number of hydrogen-bond acceptors (Lipinski definition) is 1. The maximum absolute atomic E-state index is 13.5. The molecule has 1 aromatic rings. The van der Waals surface area contributed by atoms with Crippen LogP contribution in [0.1, 0.15) is 25.7 Å². The Morgan fingerprint density at radius 2 is 1.95 bits per heavy atom. The standard InChI is InChI=1S/C13H13BrF3NO/c14-9-1-2-11(10(15)7-9)18-12(19)8-3-5-13(16,17)6-4-8/h1-2,7-8H,3-6H2,(H,18,19). The van der Waals surface area contributed by atoms with Crippen molar-refractivity contribution in [1.29, 1.82) is 0 Å². The minimum absolute atomic E-state index is 0.0746. The Balaban J connectivity index is 1.98. The lowest BCUT2D eigenvalue weighted by Crippen LogP contribution is -2.32.